The van der Waals surface area contributed by atoms with Gasteiger partial charge < -0.3 is 19.4 Å². The first kappa shape index (κ1) is 16.5. The third-order valence-electron chi connectivity index (χ3n) is 3.68. The smallest absolute Gasteiger partial charge is 0.249 e. The van der Waals surface area contributed by atoms with Crippen LogP contribution in [0.1, 0.15) is 5.76 Å². The zero-order valence-corrected chi connectivity index (χ0v) is 13.9. The second-order valence-electron chi connectivity index (χ2n) is 5.52. The number of benzene rings is 1. The highest BCUT2D eigenvalue weighted by atomic mass is 35.5. The summed E-state index contributed by atoms with van der Waals surface area (Å²) in [6, 6.07) is 8.86. The Hall–Kier alpha value is -2.31. The molecule has 6 nitrogen and oxygen atoms in total. The largest absolute Gasteiger partial charge is 0.461 e. The number of nitrogens with one attached hydrogen (secondary N) is 1. The van der Waals surface area contributed by atoms with Crippen molar-refractivity contribution in [3.8, 4) is 11.3 Å². The fourth-order valence-electron chi connectivity index (χ4n) is 2.49. The van der Waals surface area contributed by atoms with Gasteiger partial charge in [0.25, 0.3) is 0 Å². The molecule has 0 saturated carbocycles. The number of morpholine rings is 1. The summed E-state index contributed by atoms with van der Waals surface area (Å²) in [7, 11) is 0. The third kappa shape index (κ3) is 3.77. The molecule has 0 spiro atoms. The Labute approximate surface area is 144 Å². The molecule has 0 bridgehead atoms. The minimum Gasteiger partial charge on any atom is -0.461 e. The van der Waals surface area contributed by atoms with Crippen molar-refractivity contribution in [1.29, 1.82) is 0 Å². The molecule has 24 heavy (non-hydrogen) atoms. The van der Waals surface area contributed by atoms with E-state index in [-0.39, 0.29) is 25.0 Å². The van der Waals surface area contributed by atoms with E-state index in [1.807, 2.05) is 19.1 Å². The Balaban J connectivity index is 1.77. The van der Waals surface area contributed by atoms with E-state index >= 15 is 0 Å². The van der Waals surface area contributed by atoms with Gasteiger partial charge in [-0.3, -0.25) is 9.59 Å². The molecule has 1 fully saturated rings. The minimum absolute atomic E-state index is 0.0152. The van der Waals surface area contributed by atoms with Gasteiger partial charge >= 0.3 is 0 Å². The number of carbonyl (C=O) groups excluding carboxylic acids is 2. The van der Waals surface area contributed by atoms with Gasteiger partial charge in [0.2, 0.25) is 11.8 Å². The van der Waals surface area contributed by atoms with E-state index in [0.717, 1.165) is 11.3 Å². The topological polar surface area (TPSA) is 71.8 Å². The van der Waals surface area contributed by atoms with E-state index in [9.17, 15) is 9.59 Å². The van der Waals surface area contributed by atoms with Crippen molar-refractivity contribution < 1.29 is 18.7 Å². The predicted molar refractivity (Wildman–Crippen MR) is 89.9 cm³/mol. The summed E-state index contributed by atoms with van der Waals surface area (Å²) in [5.74, 6) is 0.930. The van der Waals surface area contributed by atoms with Gasteiger partial charge in [-0.25, -0.2) is 0 Å². The number of rotatable bonds is 4. The van der Waals surface area contributed by atoms with Crippen LogP contribution in [-0.2, 0) is 14.3 Å². The first-order valence-corrected chi connectivity index (χ1v) is 7.92. The second kappa shape index (κ2) is 7.07. The van der Waals surface area contributed by atoms with Crippen LogP contribution in [0, 0.1) is 6.92 Å². The maximum absolute atomic E-state index is 12.3. The van der Waals surface area contributed by atoms with Crippen molar-refractivity contribution in [1.82, 2.24) is 4.90 Å². The molecule has 126 valence electrons. The Morgan fingerprint density at radius 3 is 2.88 bits per heavy atom. The summed E-state index contributed by atoms with van der Waals surface area (Å²) in [4.78, 5) is 25.5. The molecular formula is C17H17ClN2O4. The monoisotopic (exact) mass is 348 g/mol. The number of furan rings is 1. The molecule has 1 N–H and O–H groups in total. The Morgan fingerprint density at radius 2 is 2.17 bits per heavy atom. The molecule has 1 aliphatic heterocycles. The lowest BCUT2D eigenvalue weighted by Gasteiger charge is -2.26. The predicted octanol–water partition coefficient (Wildman–Crippen LogP) is 2.71. The Morgan fingerprint density at radius 1 is 1.33 bits per heavy atom. The van der Waals surface area contributed by atoms with Crippen molar-refractivity contribution in [3.63, 3.8) is 0 Å². The molecule has 2 amide bonds. The van der Waals surface area contributed by atoms with Crippen LogP contribution in [0.15, 0.2) is 34.7 Å². The molecule has 1 saturated heterocycles. The molecule has 0 atom stereocenters. The SMILES string of the molecule is Cc1ccc(-c2ccc(Cl)cc2NC(=O)CN2CCOCC2=O)o1. The lowest BCUT2D eigenvalue weighted by molar-refractivity contribution is -0.144. The number of halogens is 1. The number of hydrogen-bond donors (Lipinski definition) is 1. The molecule has 2 heterocycles. The average Bonchev–Trinajstić information content (AvgIpc) is 2.96. The van der Waals surface area contributed by atoms with E-state index in [0.29, 0.717) is 29.6 Å². The molecule has 3 rings (SSSR count). The molecule has 0 unspecified atom stereocenters. The second-order valence-corrected chi connectivity index (χ2v) is 5.95. The van der Waals surface area contributed by atoms with E-state index in [1.165, 1.54) is 4.90 Å². The van der Waals surface area contributed by atoms with Crippen LogP contribution >= 0.6 is 11.6 Å². The Bertz CT molecular complexity index is 772. The first-order chi connectivity index (χ1) is 11.5. The maximum atomic E-state index is 12.3. The molecule has 2 aromatic rings. The van der Waals surface area contributed by atoms with E-state index in [2.05, 4.69) is 5.32 Å². The first-order valence-electron chi connectivity index (χ1n) is 7.54. The van der Waals surface area contributed by atoms with Gasteiger partial charge in [0.05, 0.1) is 12.3 Å². The summed E-state index contributed by atoms with van der Waals surface area (Å²) in [5, 5.41) is 3.31. The molecule has 0 radical (unpaired) electrons. The highest BCUT2D eigenvalue weighted by Gasteiger charge is 2.21. The summed E-state index contributed by atoms with van der Waals surface area (Å²) < 4.78 is 10.7. The highest BCUT2D eigenvalue weighted by molar-refractivity contribution is 6.31. The van der Waals surface area contributed by atoms with Crippen molar-refractivity contribution in [3.05, 3.63) is 41.1 Å². The fraction of sp³-hybridized carbons (Fsp3) is 0.294. The van der Waals surface area contributed by atoms with Gasteiger partial charge in [-0.05, 0) is 37.3 Å². The maximum Gasteiger partial charge on any atom is 0.249 e. The summed E-state index contributed by atoms with van der Waals surface area (Å²) >= 11 is 6.05. The minimum atomic E-state index is -0.294. The van der Waals surface area contributed by atoms with E-state index < -0.39 is 0 Å². The fourth-order valence-corrected chi connectivity index (χ4v) is 2.67. The third-order valence-corrected chi connectivity index (χ3v) is 3.91. The molecule has 1 aromatic carbocycles. The summed E-state index contributed by atoms with van der Waals surface area (Å²) in [6.07, 6.45) is 0. The quantitative estimate of drug-likeness (QED) is 0.922. The van der Waals surface area contributed by atoms with Crippen LogP contribution < -0.4 is 5.32 Å². The molecule has 1 aromatic heterocycles. The van der Waals surface area contributed by atoms with Gasteiger partial charge in [-0.2, -0.15) is 0 Å². The number of nitrogens with zero attached hydrogens (tertiary/aromatic N) is 1. The van der Waals surface area contributed by atoms with Crippen LogP contribution in [0.25, 0.3) is 11.3 Å². The van der Waals surface area contributed by atoms with Gasteiger partial charge in [0.15, 0.2) is 0 Å². The number of aryl methyl sites for hydroxylation is 1. The van der Waals surface area contributed by atoms with Crippen molar-refractivity contribution in [2.75, 3.05) is 31.6 Å². The zero-order chi connectivity index (χ0) is 17.1. The van der Waals surface area contributed by atoms with E-state index in [1.54, 1.807) is 18.2 Å². The number of amides is 2. The number of anilines is 1. The van der Waals surface area contributed by atoms with Gasteiger partial charge in [0, 0.05) is 17.1 Å². The van der Waals surface area contributed by atoms with Crippen LogP contribution in [0.4, 0.5) is 5.69 Å². The normalized spacial score (nSPS) is 14.8. The summed E-state index contributed by atoms with van der Waals surface area (Å²) in [6.45, 7) is 2.69. The Kier molecular flexibility index (Phi) is 4.87. The van der Waals surface area contributed by atoms with Crippen LogP contribution in [0.5, 0.6) is 0 Å². The molecule has 1 aliphatic rings. The number of carbonyl (C=O) groups is 2. The van der Waals surface area contributed by atoms with Crippen LogP contribution in [-0.4, -0.2) is 43.0 Å². The van der Waals surface area contributed by atoms with Crippen LogP contribution in [0.3, 0.4) is 0 Å². The summed E-state index contributed by atoms with van der Waals surface area (Å²) in [5.41, 5.74) is 1.27. The highest BCUT2D eigenvalue weighted by Crippen LogP contribution is 2.31. The molecule has 0 aliphatic carbocycles. The standard InChI is InChI=1S/C17H17ClN2O4/c1-11-2-5-15(24-11)13-4-3-12(18)8-14(13)19-16(21)9-20-6-7-23-10-17(20)22/h2-5,8H,6-7,9-10H2,1H3,(H,19,21). The van der Waals surface area contributed by atoms with Crippen molar-refractivity contribution in [2.24, 2.45) is 0 Å². The van der Waals surface area contributed by atoms with Gasteiger partial charge in [-0.15, -0.1) is 0 Å². The van der Waals surface area contributed by atoms with Gasteiger partial charge in [0.1, 0.15) is 24.7 Å². The number of ether oxygens (including phenoxy) is 1. The van der Waals surface area contributed by atoms with E-state index in [4.69, 9.17) is 20.8 Å². The average molecular weight is 349 g/mol. The molecule has 7 heteroatoms. The van der Waals surface area contributed by atoms with Crippen LogP contribution in [0.2, 0.25) is 5.02 Å². The van der Waals surface area contributed by atoms with Gasteiger partial charge in [-0.1, -0.05) is 11.6 Å². The lowest BCUT2D eigenvalue weighted by Crippen LogP contribution is -2.45. The zero-order valence-electron chi connectivity index (χ0n) is 13.2. The van der Waals surface area contributed by atoms with Crippen molar-refractivity contribution in [2.45, 2.75) is 6.92 Å². The lowest BCUT2D eigenvalue weighted by atomic mass is 10.1. The molecular weight excluding hydrogens is 332 g/mol. The number of hydrogen-bond acceptors (Lipinski definition) is 4. The van der Waals surface area contributed by atoms with Crippen molar-refractivity contribution >= 4 is 29.1 Å².